The Labute approximate surface area is 131 Å². The molecule has 8 heteroatoms. The number of nitrogens with two attached hydrogens (primary N) is 1. The van der Waals surface area contributed by atoms with Crippen LogP contribution in [0, 0.1) is 0 Å². The Bertz CT molecular complexity index is 633. The summed E-state index contributed by atoms with van der Waals surface area (Å²) in [5.41, 5.74) is 7.66. The summed E-state index contributed by atoms with van der Waals surface area (Å²) in [6.45, 7) is 5.78. The van der Waals surface area contributed by atoms with E-state index in [-0.39, 0.29) is 12.2 Å². The summed E-state index contributed by atoms with van der Waals surface area (Å²) in [6.07, 6.45) is 2.71. The average Bonchev–Trinajstić information content (AvgIpc) is 3.05. The molecule has 0 unspecified atom stereocenters. The third kappa shape index (κ3) is 3.38. The van der Waals surface area contributed by atoms with Crippen molar-refractivity contribution in [3.8, 4) is 0 Å². The van der Waals surface area contributed by atoms with Gasteiger partial charge in [0.25, 0.3) is 0 Å². The molecule has 0 bridgehead atoms. The zero-order valence-corrected chi connectivity index (χ0v) is 13.8. The highest BCUT2D eigenvalue weighted by molar-refractivity contribution is 9.10. The van der Waals surface area contributed by atoms with Gasteiger partial charge in [-0.2, -0.15) is 5.10 Å². The molecule has 2 heterocycles. The first-order valence-electron chi connectivity index (χ1n) is 6.98. The van der Waals surface area contributed by atoms with Crippen molar-refractivity contribution < 1.29 is 4.79 Å². The molecule has 0 aliphatic carbocycles. The summed E-state index contributed by atoms with van der Waals surface area (Å²) < 4.78 is 4.34. The van der Waals surface area contributed by atoms with Crippen LogP contribution in [0.3, 0.4) is 0 Å². The number of carbonyl (C=O) groups is 1. The molecular formula is C13H19BrN6O. The summed E-state index contributed by atoms with van der Waals surface area (Å²) in [4.78, 5) is 12.3. The number of nitrogens with zero attached hydrogens (tertiary/aromatic N) is 5. The van der Waals surface area contributed by atoms with Crippen LogP contribution in [0.5, 0.6) is 0 Å². The lowest BCUT2D eigenvalue weighted by molar-refractivity contribution is 0.0985. The second kappa shape index (κ2) is 6.95. The second-order valence-corrected chi connectivity index (χ2v) is 5.43. The van der Waals surface area contributed by atoms with Gasteiger partial charge in [-0.15, -0.1) is 5.10 Å². The van der Waals surface area contributed by atoms with Crippen molar-refractivity contribution in [1.29, 1.82) is 0 Å². The van der Waals surface area contributed by atoms with E-state index in [0.717, 1.165) is 28.8 Å². The summed E-state index contributed by atoms with van der Waals surface area (Å²) in [5.74, 6) is -0.0729. The average molecular weight is 355 g/mol. The van der Waals surface area contributed by atoms with E-state index < -0.39 is 0 Å². The van der Waals surface area contributed by atoms with E-state index in [1.807, 2.05) is 18.5 Å². The van der Waals surface area contributed by atoms with Crippen LogP contribution >= 0.6 is 15.9 Å². The van der Waals surface area contributed by atoms with Gasteiger partial charge in [0.2, 0.25) is 0 Å². The maximum atomic E-state index is 12.3. The van der Waals surface area contributed by atoms with Gasteiger partial charge < -0.3 is 5.73 Å². The Morgan fingerprint density at radius 2 is 2.19 bits per heavy atom. The van der Waals surface area contributed by atoms with Crippen molar-refractivity contribution in [1.82, 2.24) is 24.8 Å². The topological polar surface area (TPSA) is 91.6 Å². The highest BCUT2D eigenvalue weighted by Gasteiger charge is 2.19. The number of halogens is 1. The van der Waals surface area contributed by atoms with E-state index >= 15 is 0 Å². The van der Waals surface area contributed by atoms with Crippen molar-refractivity contribution in [2.24, 2.45) is 5.73 Å². The third-order valence-electron chi connectivity index (χ3n) is 3.20. The number of Topliss-reactive ketones (excluding diaryl/α,β-unsaturated/α-hetero) is 1. The van der Waals surface area contributed by atoms with Crippen LogP contribution in [0.1, 0.15) is 35.7 Å². The fourth-order valence-electron chi connectivity index (χ4n) is 2.10. The minimum Gasteiger partial charge on any atom is -0.329 e. The number of aryl methyl sites for hydroxylation is 2. The fraction of sp³-hybridized carbons (Fsp3) is 0.538. The number of ketones is 1. The van der Waals surface area contributed by atoms with Crippen LogP contribution in [0.4, 0.5) is 0 Å². The Morgan fingerprint density at radius 1 is 1.43 bits per heavy atom. The lowest BCUT2D eigenvalue weighted by Crippen LogP contribution is -2.11. The summed E-state index contributed by atoms with van der Waals surface area (Å²) in [7, 11) is 0. The standard InChI is InChI=1S/C13H19BrN6O/c1-3-9-13(14)11(20(4-2)17-9)7-12(21)10-8-19(6-5-15)18-16-10/h8H,3-7,15H2,1-2H3. The van der Waals surface area contributed by atoms with Crippen molar-refractivity contribution in [3.05, 3.63) is 27.8 Å². The lowest BCUT2D eigenvalue weighted by Gasteiger charge is -2.03. The molecule has 0 fully saturated rings. The summed E-state index contributed by atoms with van der Waals surface area (Å²) in [5, 5.41) is 12.3. The van der Waals surface area contributed by atoms with Gasteiger partial charge in [-0.25, -0.2) is 0 Å². The van der Waals surface area contributed by atoms with Crippen LogP contribution in [0.25, 0.3) is 0 Å². The molecule has 0 amide bonds. The Hall–Kier alpha value is -1.54. The maximum Gasteiger partial charge on any atom is 0.190 e. The van der Waals surface area contributed by atoms with Crippen LogP contribution in [-0.4, -0.2) is 37.1 Å². The number of aromatic nitrogens is 5. The zero-order valence-electron chi connectivity index (χ0n) is 12.2. The predicted octanol–water partition coefficient (Wildman–Crippen LogP) is 1.20. The number of hydrogen-bond acceptors (Lipinski definition) is 5. The molecule has 7 nitrogen and oxygen atoms in total. The molecule has 2 rings (SSSR count). The monoisotopic (exact) mass is 354 g/mol. The lowest BCUT2D eigenvalue weighted by atomic mass is 10.1. The molecule has 0 aliphatic heterocycles. The van der Waals surface area contributed by atoms with Gasteiger partial charge >= 0.3 is 0 Å². The number of rotatable bonds is 7. The molecule has 0 saturated heterocycles. The van der Waals surface area contributed by atoms with Gasteiger partial charge in [-0.1, -0.05) is 12.1 Å². The van der Waals surface area contributed by atoms with Crippen LogP contribution < -0.4 is 5.73 Å². The SMILES string of the molecule is CCc1nn(CC)c(CC(=O)c2cn(CCN)nn2)c1Br. The van der Waals surface area contributed by atoms with Crippen molar-refractivity contribution >= 4 is 21.7 Å². The van der Waals surface area contributed by atoms with Crippen LogP contribution in [-0.2, 0) is 25.9 Å². The minimum atomic E-state index is -0.0729. The van der Waals surface area contributed by atoms with Gasteiger partial charge in [0.1, 0.15) is 5.69 Å². The molecule has 114 valence electrons. The van der Waals surface area contributed by atoms with E-state index in [2.05, 4.69) is 31.3 Å². The summed E-state index contributed by atoms with van der Waals surface area (Å²) in [6, 6.07) is 0. The first kappa shape index (κ1) is 15.8. The first-order valence-corrected chi connectivity index (χ1v) is 7.77. The van der Waals surface area contributed by atoms with Gasteiger partial charge in [-0.05, 0) is 29.3 Å². The largest absolute Gasteiger partial charge is 0.329 e. The third-order valence-corrected chi connectivity index (χ3v) is 4.12. The Morgan fingerprint density at radius 3 is 2.81 bits per heavy atom. The molecule has 0 saturated carbocycles. The van der Waals surface area contributed by atoms with E-state index in [1.54, 1.807) is 10.9 Å². The van der Waals surface area contributed by atoms with Gasteiger partial charge in [-0.3, -0.25) is 14.2 Å². The highest BCUT2D eigenvalue weighted by Crippen LogP contribution is 2.23. The van der Waals surface area contributed by atoms with E-state index in [4.69, 9.17) is 5.73 Å². The maximum absolute atomic E-state index is 12.3. The molecule has 0 atom stereocenters. The van der Waals surface area contributed by atoms with Crippen molar-refractivity contribution in [3.63, 3.8) is 0 Å². The normalized spacial score (nSPS) is 11.0. The first-order chi connectivity index (χ1) is 10.1. The van der Waals surface area contributed by atoms with E-state index in [1.165, 1.54) is 0 Å². The summed E-state index contributed by atoms with van der Waals surface area (Å²) >= 11 is 3.54. The predicted molar refractivity (Wildman–Crippen MR) is 82.1 cm³/mol. The van der Waals surface area contributed by atoms with Gasteiger partial charge in [0.15, 0.2) is 5.78 Å². The minimum absolute atomic E-state index is 0.0729. The van der Waals surface area contributed by atoms with Crippen molar-refractivity contribution in [2.45, 2.75) is 39.8 Å². The van der Waals surface area contributed by atoms with Gasteiger partial charge in [0.05, 0.1) is 35.0 Å². The Balaban J connectivity index is 2.20. The van der Waals surface area contributed by atoms with Crippen LogP contribution in [0.2, 0.25) is 0 Å². The highest BCUT2D eigenvalue weighted by atomic mass is 79.9. The second-order valence-electron chi connectivity index (χ2n) is 4.63. The van der Waals surface area contributed by atoms with Crippen LogP contribution in [0.15, 0.2) is 10.7 Å². The molecule has 2 aromatic rings. The number of hydrogen-bond donors (Lipinski definition) is 1. The molecular weight excluding hydrogens is 336 g/mol. The molecule has 0 spiro atoms. The van der Waals surface area contributed by atoms with Gasteiger partial charge in [0, 0.05) is 13.1 Å². The number of carbonyl (C=O) groups excluding carboxylic acids is 1. The quantitative estimate of drug-likeness (QED) is 0.754. The Kier molecular flexibility index (Phi) is 5.24. The zero-order chi connectivity index (χ0) is 15.4. The molecule has 0 aliphatic rings. The molecule has 2 aromatic heterocycles. The molecule has 2 N–H and O–H groups in total. The van der Waals surface area contributed by atoms with E-state index in [9.17, 15) is 4.79 Å². The smallest absolute Gasteiger partial charge is 0.190 e. The molecule has 0 radical (unpaired) electrons. The molecule has 0 aromatic carbocycles. The fourth-order valence-corrected chi connectivity index (χ4v) is 2.80. The molecule has 21 heavy (non-hydrogen) atoms. The van der Waals surface area contributed by atoms with E-state index in [0.29, 0.717) is 18.8 Å². The van der Waals surface area contributed by atoms with Crippen molar-refractivity contribution in [2.75, 3.05) is 6.54 Å².